The number of nitrogens with zero attached hydrogens (tertiary/aromatic N) is 1. The molecular formula is C19H25ClN2O3. The summed E-state index contributed by atoms with van der Waals surface area (Å²) in [5.41, 5.74) is 1.58. The fraction of sp³-hybridized carbons (Fsp3) is 0.474. The van der Waals surface area contributed by atoms with Gasteiger partial charge in [-0.1, -0.05) is 18.5 Å². The summed E-state index contributed by atoms with van der Waals surface area (Å²) in [6.07, 6.45) is 0.760. The van der Waals surface area contributed by atoms with Crippen LogP contribution in [-0.4, -0.2) is 29.9 Å². The Hall–Kier alpha value is -1.85. The molecule has 0 spiro atoms. The minimum absolute atomic E-state index is 0.0615. The number of halogens is 1. The Balaban J connectivity index is 2.27. The van der Waals surface area contributed by atoms with Crippen LogP contribution >= 0.6 is 11.6 Å². The first-order valence-corrected chi connectivity index (χ1v) is 8.71. The minimum Gasteiger partial charge on any atom is -0.423 e. The van der Waals surface area contributed by atoms with Gasteiger partial charge in [-0.05, 0) is 57.5 Å². The van der Waals surface area contributed by atoms with E-state index in [1.54, 1.807) is 0 Å². The number of aryl methyl sites for hydroxylation is 1. The number of carbonyl (C=O) groups excluding carboxylic acids is 1. The van der Waals surface area contributed by atoms with Crippen LogP contribution in [0.1, 0.15) is 38.8 Å². The van der Waals surface area contributed by atoms with Gasteiger partial charge in [0, 0.05) is 28.6 Å². The molecular weight excluding hydrogens is 340 g/mol. The van der Waals surface area contributed by atoms with Crippen molar-refractivity contribution in [1.29, 1.82) is 0 Å². The maximum atomic E-state index is 12.1. The lowest BCUT2D eigenvalue weighted by Gasteiger charge is -2.23. The molecule has 136 valence electrons. The summed E-state index contributed by atoms with van der Waals surface area (Å²) in [5, 5.41) is 4.37. The van der Waals surface area contributed by atoms with Gasteiger partial charge in [-0.3, -0.25) is 9.69 Å². The van der Waals surface area contributed by atoms with Crippen molar-refractivity contribution in [2.24, 2.45) is 0 Å². The summed E-state index contributed by atoms with van der Waals surface area (Å²) in [6, 6.07) is 5.11. The first-order chi connectivity index (χ1) is 11.6. The van der Waals surface area contributed by atoms with E-state index in [-0.39, 0.29) is 18.0 Å². The number of carbonyl (C=O) groups is 1. The number of likely N-dealkylation sites (N-methyl/N-ethyl adjacent to an activating group) is 1. The van der Waals surface area contributed by atoms with Crippen molar-refractivity contribution in [3.8, 4) is 0 Å². The van der Waals surface area contributed by atoms with Gasteiger partial charge in [0.2, 0.25) is 5.91 Å². The largest absolute Gasteiger partial charge is 0.423 e. The second-order valence-electron chi connectivity index (χ2n) is 7.35. The topological polar surface area (TPSA) is 62.6 Å². The van der Waals surface area contributed by atoms with E-state index in [4.69, 9.17) is 16.0 Å². The van der Waals surface area contributed by atoms with Crippen LogP contribution in [0.4, 0.5) is 0 Å². The van der Waals surface area contributed by atoms with Crippen molar-refractivity contribution in [2.45, 2.75) is 46.2 Å². The van der Waals surface area contributed by atoms with Gasteiger partial charge >= 0.3 is 5.63 Å². The Labute approximate surface area is 153 Å². The number of amides is 1. The van der Waals surface area contributed by atoms with Crippen molar-refractivity contribution in [2.75, 3.05) is 13.6 Å². The van der Waals surface area contributed by atoms with Crippen LogP contribution in [0, 0.1) is 0 Å². The van der Waals surface area contributed by atoms with E-state index in [0.717, 1.165) is 22.9 Å². The number of nitrogens with one attached hydrogen (secondary N) is 1. The van der Waals surface area contributed by atoms with Crippen LogP contribution in [0.25, 0.3) is 11.0 Å². The minimum atomic E-state index is -0.403. The summed E-state index contributed by atoms with van der Waals surface area (Å²) >= 11 is 6.31. The van der Waals surface area contributed by atoms with Gasteiger partial charge in [0.25, 0.3) is 0 Å². The molecule has 6 heteroatoms. The lowest BCUT2D eigenvalue weighted by Crippen LogP contribution is -2.45. The maximum absolute atomic E-state index is 12.1. The molecule has 0 aliphatic heterocycles. The molecule has 0 saturated carbocycles. The van der Waals surface area contributed by atoms with Crippen molar-refractivity contribution in [3.63, 3.8) is 0 Å². The van der Waals surface area contributed by atoms with E-state index in [0.29, 0.717) is 17.2 Å². The third-order valence-electron chi connectivity index (χ3n) is 3.75. The third-order valence-corrected chi connectivity index (χ3v) is 4.10. The molecule has 2 aromatic rings. The fourth-order valence-electron chi connectivity index (χ4n) is 2.74. The highest BCUT2D eigenvalue weighted by molar-refractivity contribution is 6.32. The molecule has 0 atom stereocenters. The lowest BCUT2D eigenvalue weighted by molar-refractivity contribution is -0.123. The maximum Gasteiger partial charge on any atom is 0.336 e. The predicted molar refractivity (Wildman–Crippen MR) is 101 cm³/mol. The number of hydrogen-bond donors (Lipinski definition) is 1. The molecule has 0 aliphatic rings. The number of rotatable bonds is 5. The van der Waals surface area contributed by atoms with E-state index >= 15 is 0 Å². The fourth-order valence-corrected chi connectivity index (χ4v) is 3.04. The summed E-state index contributed by atoms with van der Waals surface area (Å²) in [4.78, 5) is 25.8. The predicted octanol–water partition coefficient (Wildman–Crippen LogP) is 3.36. The van der Waals surface area contributed by atoms with Crippen molar-refractivity contribution >= 4 is 28.5 Å². The number of fused-ring (bicyclic) bond motifs is 1. The highest BCUT2D eigenvalue weighted by Gasteiger charge is 2.16. The monoisotopic (exact) mass is 364 g/mol. The van der Waals surface area contributed by atoms with E-state index in [2.05, 4.69) is 5.32 Å². The van der Waals surface area contributed by atoms with Crippen LogP contribution in [0.3, 0.4) is 0 Å². The molecule has 0 fully saturated rings. The molecule has 25 heavy (non-hydrogen) atoms. The van der Waals surface area contributed by atoms with Gasteiger partial charge in [0.1, 0.15) is 5.58 Å². The summed E-state index contributed by atoms with van der Waals surface area (Å²) in [7, 11) is 1.84. The first kappa shape index (κ1) is 19.5. The van der Waals surface area contributed by atoms with E-state index < -0.39 is 5.63 Å². The zero-order chi connectivity index (χ0) is 18.8. The van der Waals surface area contributed by atoms with Crippen molar-refractivity contribution < 1.29 is 9.21 Å². The van der Waals surface area contributed by atoms with Crippen LogP contribution < -0.4 is 10.9 Å². The second-order valence-corrected chi connectivity index (χ2v) is 7.76. The van der Waals surface area contributed by atoms with Gasteiger partial charge in [-0.15, -0.1) is 0 Å². The zero-order valence-corrected chi connectivity index (χ0v) is 16.2. The van der Waals surface area contributed by atoms with E-state index in [9.17, 15) is 9.59 Å². The second kappa shape index (κ2) is 7.58. The third kappa shape index (κ3) is 5.31. The van der Waals surface area contributed by atoms with E-state index in [1.807, 2.05) is 51.8 Å². The summed E-state index contributed by atoms with van der Waals surface area (Å²) in [6.45, 7) is 8.49. The molecule has 1 N–H and O–H groups in total. The average molecular weight is 365 g/mol. The van der Waals surface area contributed by atoms with Gasteiger partial charge in [-0.2, -0.15) is 0 Å². The molecule has 0 aliphatic carbocycles. The van der Waals surface area contributed by atoms with Gasteiger partial charge in [0.05, 0.1) is 6.54 Å². The Morgan fingerprint density at radius 3 is 2.52 bits per heavy atom. The molecule has 1 aromatic carbocycles. The Kier molecular flexibility index (Phi) is 5.91. The zero-order valence-electron chi connectivity index (χ0n) is 15.4. The molecule has 5 nitrogen and oxygen atoms in total. The average Bonchev–Trinajstić information content (AvgIpc) is 2.45. The molecule has 0 saturated heterocycles. The smallest absolute Gasteiger partial charge is 0.336 e. The highest BCUT2D eigenvalue weighted by Crippen LogP contribution is 2.26. The molecule has 1 aromatic heterocycles. The standard InChI is InChI=1S/C19H25ClN2O3/c1-6-12-7-16-14(9-15(12)20)13(8-18(24)25-16)10-22(5)11-17(23)21-19(2,3)4/h7-9H,6,10-11H2,1-5H3,(H,21,23). The number of hydrogen-bond acceptors (Lipinski definition) is 4. The highest BCUT2D eigenvalue weighted by atomic mass is 35.5. The van der Waals surface area contributed by atoms with Crippen LogP contribution in [0.5, 0.6) is 0 Å². The Morgan fingerprint density at radius 2 is 1.92 bits per heavy atom. The summed E-state index contributed by atoms with van der Waals surface area (Å²) < 4.78 is 5.32. The summed E-state index contributed by atoms with van der Waals surface area (Å²) in [5.74, 6) is -0.0615. The van der Waals surface area contributed by atoms with Crippen molar-refractivity contribution in [3.05, 3.63) is 44.8 Å². The van der Waals surface area contributed by atoms with Gasteiger partial charge < -0.3 is 9.73 Å². The quantitative estimate of drug-likeness (QED) is 0.826. The molecule has 1 heterocycles. The van der Waals surface area contributed by atoms with Crippen molar-refractivity contribution in [1.82, 2.24) is 10.2 Å². The van der Waals surface area contributed by atoms with E-state index in [1.165, 1.54) is 6.07 Å². The first-order valence-electron chi connectivity index (χ1n) is 8.33. The Bertz CT molecular complexity index is 837. The molecule has 0 bridgehead atoms. The normalized spacial score (nSPS) is 12.0. The lowest BCUT2D eigenvalue weighted by atomic mass is 10.1. The van der Waals surface area contributed by atoms with Crippen LogP contribution in [0.15, 0.2) is 27.4 Å². The van der Waals surface area contributed by atoms with Gasteiger partial charge in [0.15, 0.2) is 0 Å². The van der Waals surface area contributed by atoms with Gasteiger partial charge in [-0.25, -0.2) is 4.79 Å². The molecule has 2 rings (SSSR count). The van der Waals surface area contributed by atoms with Crippen LogP contribution in [-0.2, 0) is 17.8 Å². The van der Waals surface area contributed by atoms with Crippen LogP contribution in [0.2, 0.25) is 5.02 Å². The SMILES string of the molecule is CCc1cc2oc(=O)cc(CN(C)CC(=O)NC(C)(C)C)c2cc1Cl. The molecule has 0 unspecified atom stereocenters. The molecule has 0 radical (unpaired) electrons. The molecule has 1 amide bonds. The Morgan fingerprint density at radius 1 is 1.24 bits per heavy atom. The number of benzene rings is 1.